The van der Waals surface area contributed by atoms with E-state index in [1.807, 2.05) is 75.0 Å². The second-order valence-corrected chi connectivity index (χ2v) is 11.1. The molecule has 11 heteroatoms. The van der Waals surface area contributed by atoms with Gasteiger partial charge in [0.15, 0.2) is 17.0 Å². The van der Waals surface area contributed by atoms with E-state index in [1.165, 1.54) is 0 Å². The first-order valence-electron chi connectivity index (χ1n) is 13.4. The summed E-state index contributed by atoms with van der Waals surface area (Å²) in [5.41, 5.74) is 2.85. The highest BCUT2D eigenvalue weighted by molar-refractivity contribution is 5.85. The Kier molecular flexibility index (Phi) is 6.46. The standard InChI is InChI=1S/C28H34N8O3/c1-28(2,3)39-27(37)35-12-10-20(18-35)23-29-22-24(33(23)4)30-26(31-25(22)34-14-16-38-17-15-34)36-13-11-21(32-36)19-8-6-5-7-9-19/h5-9,11,13,20H,10,12,14-18H2,1-4H3. The number of aryl methyl sites for hydroxylation is 1. The first-order chi connectivity index (χ1) is 18.8. The van der Waals surface area contributed by atoms with Crippen LogP contribution in [0.4, 0.5) is 10.6 Å². The van der Waals surface area contributed by atoms with Gasteiger partial charge in [0.1, 0.15) is 11.4 Å². The number of rotatable bonds is 4. The molecule has 0 aliphatic carbocycles. The molecular weight excluding hydrogens is 496 g/mol. The maximum atomic E-state index is 12.7. The Morgan fingerprint density at radius 2 is 1.79 bits per heavy atom. The minimum atomic E-state index is -0.529. The third kappa shape index (κ3) is 5.06. The van der Waals surface area contributed by atoms with E-state index in [0.717, 1.165) is 53.6 Å². The molecule has 0 N–H and O–H groups in total. The molecule has 3 aromatic heterocycles. The van der Waals surface area contributed by atoms with Crippen molar-refractivity contribution in [1.82, 2.24) is 34.2 Å². The number of likely N-dealkylation sites (tertiary alicyclic amines) is 1. The van der Waals surface area contributed by atoms with Crippen LogP contribution in [0.15, 0.2) is 42.6 Å². The third-order valence-electron chi connectivity index (χ3n) is 7.10. The predicted octanol–water partition coefficient (Wildman–Crippen LogP) is 3.78. The van der Waals surface area contributed by atoms with Crippen LogP contribution in [0.3, 0.4) is 0 Å². The first-order valence-corrected chi connectivity index (χ1v) is 13.4. The van der Waals surface area contributed by atoms with Gasteiger partial charge in [-0.1, -0.05) is 30.3 Å². The van der Waals surface area contributed by atoms with Crippen molar-refractivity contribution in [2.24, 2.45) is 7.05 Å². The molecule has 2 saturated heterocycles. The molecule has 4 aromatic rings. The Balaban J connectivity index is 1.37. The Bertz CT molecular complexity index is 1480. The summed E-state index contributed by atoms with van der Waals surface area (Å²) in [4.78, 5) is 31.6. The van der Waals surface area contributed by atoms with Gasteiger partial charge in [-0.2, -0.15) is 15.1 Å². The highest BCUT2D eigenvalue weighted by Crippen LogP contribution is 2.33. The molecule has 6 rings (SSSR count). The molecule has 0 radical (unpaired) electrons. The first kappa shape index (κ1) is 25.3. The zero-order chi connectivity index (χ0) is 27.1. The molecule has 204 valence electrons. The van der Waals surface area contributed by atoms with Crippen LogP contribution in [0.1, 0.15) is 38.9 Å². The van der Waals surface area contributed by atoms with E-state index in [2.05, 4.69) is 4.90 Å². The summed E-state index contributed by atoms with van der Waals surface area (Å²) in [6.07, 6.45) is 2.41. The maximum Gasteiger partial charge on any atom is 0.410 e. The fraction of sp³-hybridized carbons (Fsp3) is 0.464. The van der Waals surface area contributed by atoms with Crippen molar-refractivity contribution < 1.29 is 14.3 Å². The van der Waals surface area contributed by atoms with E-state index in [1.54, 1.807) is 9.58 Å². The van der Waals surface area contributed by atoms with Crippen molar-refractivity contribution in [3.63, 3.8) is 0 Å². The Hall–Kier alpha value is -3.99. The minimum absolute atomic E-state index is 0.0760. The average Bonchev–Trinajstić information content (AvgIpc) is 3.68. The molecule has 2 aliphatic rings. The molecule has 0 saturated carbocycles. The fourth-order valence-electron chi connectivity index (χ4n) is 5.18. The van der Waals surface area contributed by atoms with Crippen molar-refractivity contribution in [3.8, 4) is 17.2 Å². The zero-order valence-corrected chi connectivity index (χ0v) is 22.9. The number of nitrogens with zero attached hydrogens (tertiary/aromatic N) is 8. The van der Waals surface area contributed by atoms with Gasteiger partial charge in [-0.05, 0) is 33.3 Å². The number of hydrogen-bond donors (Lipinski definition) is 0. The second kappa shape index (κ2) is 9.96. The normalized spacial score (nSPS) is 18.2. The molecule has 0 bridgehead atoms. The predicted molar refractivity (Wildman–Crippen MR) is 147 cm³/mol. The van der Waals surface area contributed by atoms with Gasteiger partial charge in [-0.15, -0.1) is 0 Å². The number of imidazole rings is 1. The van der Waals surface area contributed by atoms with Crippen molar-refractivity contribution in [2.45, 2.75) is 38.7 Å². The number of ether oxygens (including phenoxy) is 2. The Morgan fingerprint density at radius 3 is 2.54 bits per heavy atom. The lowest BCUT2D eigenvalue weighted by molar-refractivity contribution is 0.0292. The van der Waals surface area contributed by atoms with Crippen LogP contribution in [-0.2, 0) is 16.5 Å². The number of fused-ring (bicyclic) bond motifs is 1. The molecule has 1 unspecified atom stereocenters. The number of benzene rings is 1. The fourth-order valence-corrected chi connectivity index (χ4v) is 5.18. The van der Waals surface area contributed by atoms with Gasteiger partial charge >= 0.3 is 6.09 Å². The molecule has 1 aromatic carbocycles. The summed E-state index contributed by atoms with van der Waals surface area (Å²) < 4.78 is 15.0. The molecule has 1 amide bonds. The van der Waals surface area contributed by atoms with Crippen molar-refractivity contribution in [1.29, 1.82) is 0 Å². The van der Waals surface area contributed by atoms with Gasteiger partial charge in [-0.25, -0.2) is 14.5 Å². The minimum Gasteiger partial charge on any atom is -0.444 e. The van der Waals surface area contributed by atoms with Gasteiger partial charge in [-0.3, -0.25) is 0 Å². The van der Waals surface area contributed by atoms with Crippen LogP contribution in [0.25, 0.3) is 28.4 Å². The van der Waals surface area contributed by atoms with Gasteiger partial charge < -0.3 is 23.8 Å². The quantitative estimate of drug-likeness (QED) is 0.393. The SMILES string of the molecule is Cn1c(C2CCN(C(=O)OC(C)(C)C)C2)nc2c(N3CCOCC3)nc(-n3ccc(-c4ccccc4)n3)nc21. The van der Waals surface area contributed by atoms with E-state index < -0.39 is 5.60 Å². The van der Waals surface area contributed by atoms with E-state index >= 15 is 0 Å². The summed E-state index contributed by atoms with van der Waals surface area (Å²) in [5, 5.41) is 4.78. The highest BCUT2D eigenvalue weighted by Gasteiger charge is 2.34. The highest BCUT2D eigenvalue weighted by atomic mass is 16.6. The Morgan fingerprint density at radius 1 is 1.03 bits per heavy atom. The van der Waals surface area contributed by atoms with E-state index in [4.69, 9.17) is 29.5 Å². The van der Waals surface area contributed by atoms with Gasteiger partial charge in [0.05, 0.1) is 18.9 Å². The molecule has 39 heavy (non-hydrogen) atoms. The number of carbonyl (C=O) groups excluding carboxylic acids is 1. The van der Waals surface area contributed by atoms with Crippen LogP contribution in [0, 0.1) is 0 Å². The van der Waals surface area contributed by atoms with Crippen molar-refractivity contribution >= 4 is 23.1 Å². The van der Waals surface area contributed by atoms with Gasteiger partial charge in [0, 0.05) is 50.9 Å². The molecule has 5 heterocycles. The smallest absolute Gasteiger partial charge is 0.410 e. The van der Waals surface area contributed by atoms with Gasteiger partial charge in [0.25, 0.3) is 5.95 Å². The molecular formula is C28H34N8O3. The summed E-state index contributed by atoms with van der Waals surface area (Å²) in [5.74, 6) is 2.23. The summed E-state index contributed by atoms with van der Waals surface area (Å²) in [6.45, 7) is 9.55. The van der Waals surface area contributed by atoms with Crippen LogP contribution in [-0.4, -0.2) is 85.3 Å². The van der Waals surface area contributed by atoms with E-state index in [9.17, 15) is 4.79 Å². The number of aromatic nitrogens is 6. The molecule has 11 nitrogen and oxygen atoms in total. The third-order valence-corrected chi connectivity index (χ3v) is 7.10. The molecule has 2 fully saturated rings. The van der Waals surface area contributed by atoms with Crippen LogP contribution >= 0.6 is 0 Å². The lowest BCUT2D eigenvalue weighted by Crippen LogP contribution is -2.37. The van der Waals surface area contributed by atoms with Crippen molar-refractivity contribution in [3.05, 3.63) is 48.4 Å². The lowest BCUT2D eigenvalue weighted by Gasteiger charge is -2.28. The zero-order valence-electron chi connectivity index (χ0n) is 22.9. The lowest BCUT2D eigenvalue weighted by atomic mass is 10.1. The van der Waals surface area contributed by atoms with Crippen LogP contribution in [0.2, 0.25) is 0 Å². The van der Waals surface area contributed by atoms with E-state index in [-0.39, 0.29) is 12.0 Å². The number of anilines is 1. The molecule has 2 aliphatic heterocycles. The topological polar surface area (TPSA) is 103 Å². The second-order valence-electron chi connectivity index (χ2n) is 11.1. The van der Waals surface area contributed by atoms with E-state index in [0.29, 0.717) is 32.3 Å². The van der Waals surface area contributed by atoms with Crippen molar-refractivity contribution in [2.75, 3.05) is 44.3 Å². The molecule has 0 spiro atoms. The molecule has 1 atom stereocenters. The average molecular weight is 531 g/mol. The van der Waals surface area contributed by atoms with Crippen LogP contribution in [0.5, 0.6) is 0 Å². The van der Waals surface area contributed by atoms with Crippen LogP contribution < -0.4 is 4.90 Å². The number of carbonyl (C=O) groups is 1. The Labute approximate surface area is 227 Å². The maximum absolute atomic E-state index is 12.7. The monoisotopic (exact) mass is 530 g/mol. The largest absolute Gasteiger partial charge is 0.444 e. The summed E-state index contributed by atoms with van der Waals surface area (Å²) >= 11 is 0. The number of hydrogen-bond acceptors (Lipinski definition) is 8. The number of morpholine rings is 1. The summed E-state index contributed by atoms with van der Waals surface area (Å²) in [6, 6.07) is 12.0. The summed E-state index contributed by atoms with van der Waals surface area (Å²) in [7, 11) is 1.99. The number of amides is 1. The van der Waals surface area contributed by atoms with Gasteiger partial charge in [0.2, 0.25) is 0 Å².